The number of esters is 1. The van der Waals surface area contributed by atoms with Crippen molar-refractivity contribution in [3.8, 4) is 11.1 Å². The van der Waals surface area contributed by atoms with Crippen LogP contribution < -0.4 is 5.32 Å². The van der Waals surface area contributed by atoms with E-state index in [1.807, 2.05) is 12.1 Å². The monoisotopic (exact) mass is 389 g/mol. The quantitative estimate of drug-likeness (QED) is 0.460. The third-order valence-corrected chi connectivity index (χ3v) is 5.50. The molecular weight excluding hydrogens is 370 g/mol. The van der Waals surface area contributed by atoms with Gasteiger partial charge in [-0.3, -0.25) is 0 Å². The van der Waals surface area contributed by atoms with E-state index in [0.717, 1.165) is 39.3 Å². The molecule has 2 aromatic heterocycles. The Labute approximate surface area is 167 Å². The molecule has 0 atom stereocenters. The van der Waals surface area contributed by atoms with Gasteiger partial charge in [0.1, 0.15) is 17.0 Å². The van der Waals surface area contributed by atoms with Crippen molar-refractivity contribution in [2.45, 2.75) is 13.3 Å². The fraction of sp³-hybridized carbons (Fsp3) is 0.136. The Balaban J connectivity index is 1.71. The fourth-order valence-electron chi connectivity index (χ4n) is 3.05. The van der Waals surface area contributed by atoms with Crippen LogP contribution in [0.25, 0.3) is 21.3 Å². The summed E-state index contributed by atoms with van der Waals surface area (Å²) in [6.07, 6.45) is 2.58. The fourth-order valence-corrected chi connectivity index (χ4v) is 3.96. The normalized spacial score (nSPS) is 10.8. The van der Waals surface area contributed by atoms with Gasteiger partial charge in [-0.05, 0) is 41.8 Å². The van der Waals surface area contributed by atoms with Crippen LogP contribution in [0.5, 0.6) is 0 Å². The van der Waals surface area contributed by atoms with Crippen LogP contribution in [0.3, 0.4) is 0 Å². The molecular formula is C22H19N3O2S. The lowest BCUT2D eigenvalue weighted by Crippen LogP contribution is -2.01. The third kappa shape index (κ3) is 3.46. The van der Waals surface area contributed by atoms with E-state index in [4.69, 9.17) is 4.74 Å². The number of fused-ring (bicyclic) bond motifs is 1. The Morgan fingerprint density at radius 3 is 2.50 bits per heavy atom. The minimum atomic E-state index is -0.355. The van der Waals surface area contributed by atoms with Crippen molar-refractivity contribution >= 4 is 39.0 Å². The molecule has 0 aliphatic rings. The molecule has 1 N–H and O–H groups in total. The molecule has 0 aliphatic carbocycles. The summed E-state index contributed by atoms with van der Waals surface area (Å²) >= 11 is 1.60. The summed E-state index contributed by atoms with van der Waals surface area (Å²) in [5, 5.41) is 6.46. The lowest BCUT2D eigenvalue weighted by molar-refractivity contribution is 0.0601. The van der Waals surface area contributed by atoms with E-state index >= 15 is 0 Å². The molecule has 4 rings (SSSR count). The minimum absolute atomic E-state index is 0.355. The smallest absolute Gasteiger partial charge is 0.337 e. The van der Waals surface area contributed by atoms with Crippen LogP contribution in [-0.2, 0) is 11.2 Å². The lowest BCUT2D eigenvalue weighted by Gasteiger charge is -2.09. The van der Waals surface area contributed by atoms with Crippen LogP contribution in [0.1, 0.15) is 22.8 Å². The lowest BCUT2D eigenvalue weighted by atomic mass is 10.0. The molecule has 0 amide bonds. The average molecular weight is 389 g/mol. The molecule has 0 saturated heterocycles. The maximum atomic E-state index is 11.6. The summed E-state index contributed by atoms with van der Waals surface area (Å²) in [5.41, 5.74) is 4.90. The summed E-state index contributed by atoms with van der Waals surface area (Å²) in [4.78, 5) is 21.4. The standard InChI is InChI=1S/C22H19N3O2S/c1-3-14-4-6-15(7-5-14)18-12-28-21-19(18)20(23-13-24-21)25-17-10-8-16(9-11-17)22(26)27-2/h4-13H,3H2,1-2H3,(H,23,24,25). The first-order valence-electron chi connectivity index (χ1n) is 8.96. The molecule has 0 bridgehead atoms. The van der Waals surface area contributed by atoms with Gasteiger partial charge in [0, 0.05) is 16.6 Å². The molecule has 0 unspecified atom stereocenters. The van der Waals surface area contributed by atoms with Gasteiger partial charge in [0.2, 0.25) is 0 Å². The minimum Gasteiger partial charge on any atom is -0.465 e. The topological polar surface area (TPSA) is 64.1 Å². The largest absolute Gasteiger partial charge is 0.465 e. The number of hydrogen-bond donors (Lipinski definition) is 1. The highest BCUT2D eigenvalue weighted by Crippen LogP contribution is 2.37. The molecule has 2 aromatic carbocycles. The van der Waals surface area contributed by atoms with E-state index in [-0.39, 0.29) is 5.97 Å². The van der Waals surface area contributed by atoms with Crippen LogP contribution in [0.15, 0.2) is 60.2 Å². The van der Waals surface area contributed by atoms with E-state index in [1.54, 1.807) is 29.8 Å². The van der Waals surface area contributed by atoms with Crippen molar-refractivity contribution in [3.05, 3.63) is 71.4 Å². The number of hydrogen-bond acceptors (Lipinski definition) is 6. The Morgan fingerprint density at radius 2 is 1.82 bits per heavy atom. The molecule has 4 aromatic rings. The van der Waals surface area contributed by atoms with Crippen molar-refractivity contribution in [1.82, 2.24) is 9.97 Å². The number of nitrogens with zero attached hydrogens (tertiary/aromatic N) is 2. The summed E-state index contributed by atoms with van der Waals surface area (Å²) < 4.78 is 4.74. The number of aromatic nitrogens is 2. The van der Waals surface area contributed by atoms with Gasteiger partial charge in [0.25, 0.3) is 0 Å². The van der Waals surface area contributed by atoms with E-state index in [2.05, 4.69) is 51.9 Å². The molecule has 28 heavy (non-hydrogen) atoms. The van der Waals surface area contributed by atoms with Crippen LogP contribution in [-0.4, -0.2) is 23.0 Å². The van der Waals surface area contributed by atoms with Crippen molar-refractivity contribution in [2.75, 3.05) is 12.4 Å². The number of methoxy groups -OCH3 is 1. The number of ether oxygens (including phenoxy) is 1. The van der Waals surface area contributed by atoms with Gasteiger partial charge >= 0.3 is 5.97 Å². The first-order chi connectivity index (χ1) is 13.7. The van der Waals surface area contributed by atoms with Crippen LogP contribution in [0.4, 0.5) is 11.5 Å². The Bertz CT molecular complexity index is 1120. The van der Waals surface area contributed by atoms with Gasteiger partial charge in [-0.1, -0.05) is 31.2 Å². The SMILES string of the molecule is CCc1ccc(-c2csc3ncnc(Nc4ccc(C(=O)OC)cc4)c23)cc1. The molecule has 6 heteroatoms. The zero-order chi connectivity index (χ0) is 19.5. The van der Waals surface area contributed by atoms with Gasteiger partial charge in [-0.15, -0.1) is 11.3 Å². The van der Waals surface area contributed by atoms with Crippen LogP contribution >= 0.6 is 11.3 Å². The summed E-state index contributed by atoms with van der Waals surface area (Å²) in [6, 6.07) is 15.7. The first kappa shape index (κ1) is 18.1. The highest BCUT2D eigenvalue weighted by molar-refractivity contribution is 7.17. The van der Waals surface area contributed by atoms with Gasteiger partial charge in [-0.25, -0.2) is 14.8 Å². The number of aryl methyl sites for hydroxylation is 1. The second-order valence-electron chi connectivity index (χ2n) is 6.30. The van der Waals surface area contributed by atoms with Crippen LogP contribution in [0, 0.1) is 0 Å². The molecule has 0 saturated carbocycles. The molecule has 0 aliphatic heterocycles. The second kappa shape index (κ2) is 7.78. The Hall–Kier alpha value is -3.25. The molecule has 0 fully saturated rings. The van der Waals surface area contributed by atoms with Crippen molar-refractivity contribution < 1.29 is 9.53 Å². The molecule has 0 spiro atoms. The zero-order valence-corrected chi connectivity index (χ0v) is 16.4. The molecule has 5 nitrogen and oxygen atoms in total. The van der Waals surface area contributed by atoms with Gasteiger partial charge < -0.3 is 10.1 Å². The van der Waals surface area contributed by atoms with Gasteiger partial charge in [-0.2, -0.15) is 0 Å². The van der Waals surface area contributed by atoms with E-state index in [9.17, 15) is 4.79 Å². The number of carbonyl (C=O) groups is 1. The van der Waals surface area contributed by atoms with E-state index in [1.165, 1.54) is 12.7 Å². The summed E-state index contributed by atoms with van der Waals surface area (Å²) in [5.74, 6) is 0.387. The highest BCUT2D eigenvalue weighted by atomic mass is 32.1. The molecule has 2 heterocycles. The van der Waals surface area contributed by atoms with Gasteiger partial charge in [0.15, 0.2) is 0 Å². The van der Waals surface area contributed by atoms with E-state index < -0.39 is 0 Å². The number of carbonyl (C=O) groups excluding carboxylic acids is 1. The van der Waals surface area contributed by atoms with Crippen molar-refractivity contribution in [2.24, 2.45) is 0 Å². The Kier molecular flexibility index (Phi) is 5.04. The summed E-state index contributed by atoms with van der Waals surface area (Å²) in [7, 11) is 1.37. The summed E-state index contributed by atoms with van der Waals surface area (Å²) in [6.45, 7) is 2.15. The van der Waals surface area contributed by atoms with E-state index in [0.29, 0.717) is 5.56 Å². The van der Waals surface area contributed by atoms with Crippen molar-refractivity contribution in [1.29, 1.82) is 0 Å². The molecule has 0 radical (unpaired) electrons. The van der Waals surface area contributed by atoms with Gasteiger partial charge in [0.05, 0.1) is 18.1 Å². The first-order valence-corrected chi connectivity index (χ1v) is 9.84. The number of thiophene rings is 1. The predicted molar refractivity (Wildman–Crippen MR) is 113 cm³/mol. The zero-order valence-electron chi connectivity index (χ0n) is 15.6. The number of rotatable bonds is 5. The Morgan fingerprint density at radius 1 is 1.07 bits per heavy atom. The number of benzene rings is 2. The highest BCUT2D eigenvalue weighted by Gasteiger charge is 2.14. The van der Waals surface area contributed by atoms with Crippen molar-refractivity contribution in [3.63, 3.8) is 0 Å². The average Bonchev–Trinajstić information content (AvgIpc) is 3.19. The number of anilines is 2. The maximum absolute atomic E-state index is 11.6. The van der Waals surface area contributed by atoms with Crippen LogP contribution in [0.2, 0.25) is 0 Å². The predicted octanol–water partition coefficient (Wildman–Crippen LogP) is 5.45. The number of nitrogens with one attached hydrogen (secondary N) is 1. The molecule has 140 valence electrons. The third-order valence-electron chi connectivity index (χ3n) is 4.61. The maximum Gasteiger partial charge on any atom is 0.337 e. The second-order valence-corrected chi connectivity index (χ2v) is 7.15.